The van der Waals surface area contributed by atoms with Gasteiger partial charge in [-0.2, -0.15) is 0 Å². The number of hydrogen-bond acceptors (Lipinski definition) is 4. The van der Waals surface area contributed by atoms with Crippen LogP contribution < -0.4 is 0 Å². The molecule has 1 aromatic rings. The van der Waals surface area contributed by atoms with Gasteiger partial charge in [-0.05, 0) is 18.9 Å². The van der Waals surface area contributed by atoms with Crippen molar-refractivity contribution in [3.05, 3.63) is 23.8 Å². The fraction of sp³-hybridized carbons (Fsp3) is 0.545. The van der Waals surface area contributed by atoms with Gasteiger partial charge in [0.05, 0.1) is 7.11 Å². The number of aromatic nitrogens is 2. The van der Waals surface area contributed by atoms with Gasteiger partial charge in [-0.15, -0.1) is 0 Å². The van der Waals surface area contributed by atoms with Crippen molar-refractivity contribution < 1.29 is 9.53 Å². The maximum atomic E-state index is 11.3. The van der Waals surface area contributed by atoms with Crippen molar-refractivity contribution in [1.29, 1.82) is 0 Å². The van der Waals surface area contributed by atoms with Crippen LogP contribution in [0.4, 0.5) is 0 Å². The van der Waals surface area contributed by atoms with Crippen molar-refractivity contribution in [1.82, 2.24) is 9.97 Å². The molecule has 1 aromatic heterocycles. The van der Waals surface area contributed by atoms with Crippen LogP contribution in [0.15, 0.2) is 12.4 Å². The average Bonchev–Trinajstić information content (AvgIpc) is 2.30. The monoisotopic (exact) mass is 208 g/mol. The first-order valence-corrected chi connectivity index (χ1v) is 5.13. The molecule has 0 saturated heterocycles. The lowest BCUT2D eigenvalue weighted by Gasteiger charge is -2.11. The van der Waals surface area contributed by atoms with Gasteiger partial charge in [0.2, 0.25) is 0 Å². The van der Waals surface area contributed by atoms with Gasteiger partial charge in [-0.1, -0.05) is 13.8 Å². The van der Waals surface area contributed by atoms with Crippen LogP contribution in [0.3, 0.4) is 0 Å². The predicted octanol–water partition coefficient (Wildman–Crippen LogP) is 2.17. The topological polar surface area (TPSA) is 52.1 Å². The molecule has 0 unspecified atom stereocenters. The number of methoxy groups -OCH3 is 1. The van der Waals surface area contributed by atoms with Gasteiger partial charge in [-0.3, -0.25) is 0 Å². The minimum Gasteiger partial charge on any atom is -0.464 e. The molecule has 1 rings (SSSR count). The molecule has 0 fully saturated rings. The van der Waals surface area contributed by atoms with Crippen LogP contribution in [0.25, 0.3) is 0 Å². The zero-order valence-electron chi connectivity index (χ0n) is 9.36. The molecule has 0 aliphatic carbocycles. The molecular weight excluding hydrogens is 192 g/mol. The Morgan fingerprint density at radius 1 is 1.40 bits per heavy atom. The van der Waals surface area contributed by atoms with Crippen LogP contribution in [-0.4, -0.2) is 23.0 Å². The minimum absolute atomic E-state index is 0.328. The molecule has 0 aliphatic heterocycles. The van der Waals surface area contributed by atoms with Crippen molar-refractivity contribution in [3.8, 4) is 0 Å². The van der Waals surface area contributed by atoms with E-state index >= 15 is 0 Å². The first-order valence-electron chi connectivity index (χ1n) is 5.13. The molecule has 0 atom stereocenters. The molecule has 4 heteroatoms. The molecule has 0 radical (unpaired) electrons. The summed E-state index contributed by atoms with van der Waals surface area (Å²) in [5.74, 6) is -0.0268. The predicted molar refractivity (Wildman–Crippen MR) is 56.7 cm³/mol. The molecule has 1 heterocycles. The van der Waals surface area contributed by atoms with Gasteiger partial charge in [0.25, 0.3) is 0 Å². The maximum absolute atomic E-state index is 11.3. The SMILES string of the molecule is CCC(CC)c1cc(C(=O)OC)ncn1. The highest BCUT2D eigenvalue weighted by Crippen LogP contribution is 2.20. The van der Waals surface area contributed by atoms with Crippen molar-refractivity contribution in [2.45, 2.75) is 32.6 Å². The maximum Gasteiger partial charge on any atom is 0.356 e. The second kappa shape index (κ2) is 5.44. The van der Waals surface area contributed by atoms with Crippen molar-refractivity contribution in [3.63, 3.8) is 0 Å². The van der Waals surface area contributed by atoms with Gasteiger partial charge in [0.15, 0.2) is 5.69 Å². The fourth-order valence-corrected chi connectivity index (χ4v) is 1.52. The highest BCUT2D eigenvalue weighted by molar-refractivity contribution is 5.87. The summed E-state index contributed by atoms with van der Waals surface area (Å²) in [6.07, 6.45) is 3.43. The van der Waals surface area contributed by atoms with E-state index in [1.165, 1.54) is 13.4 Å². The fourth-order valence-electron chi connectivity index (χ4n) is 1.52. The highest BCUT2D eigenvalue weighted by atomic mass is 16.5. The summed E-state index contributed by atoms with van der Waals surface area (Å²) in [5, 5.41) is 0. The standard InChI is InChI=1S/C11H16N2O2/c1-4-8(5-2)9-6-10(11(14)15-3)13-7-12-9/h6-8H,4-5H2,1-3H3. The molecule has 4 nitrogen and oxygen atoms in total. The first-order chi connectivity index (χ1) is 7.22. The van der Waals surface area contributed by atoms with Gasteiger partial charge in [0, 0.05) is 11.6 Å². The largest absolute Gasteiger partial charge is 0.464 e. The summed E-state index contributed by atoms with van der Waals surface area (Å²) in [5.41, 5.74) is 1.24. The van der Waals surface area contributed by atoms with Crippen molar-refractivity contribution in [2.75, 3.05) is 7.11 Å². The summed E-state index contributed by atoms with van der Waals surface area (Å²) in [4.78, 5) is 19.3. The number of rotatable bonds is 4. The molecule has 0 saturated carbocycles. The minimum atomic E-state index is -0.412. The van der Waals surface area contributed by atoms with Crippen LogP contribution in [0.5, 0.6) is 0 Å². The first kappa shape index (κ1) is 11.6. The Hall–Kier alpha value is -1.45. The molecule has 0 N–H and O–H groups in total. The highest BCUT2D eigenvalue weighted by Gasteiger charge is 2.13. The summed E-state index contributed by atoms with van der Waals surface area (Å²) >= 11 is 0. The zero-order chi connectivity index (χ0) is 11.3. The van der Waals surface area contributed by atoms with E-state index in [4.69, 9.17) is 0 Å². The van der Waals surface area contributed by atoms with E-state index in [0.717, 1.165) is 18.5 Å². The molecule has 0 aromatic carbocycles. The van der Waals surface area contributed by atoms with Crippen molar-refractivity contribution >= 4 is 5.97 Å². The van der Waals surface area contributed by atoms with Crippen LogP contribution in [0.1, 0.15) is 48.8 Å². The second-order valence-corrected chi connectivity index (χ2v) is 3.33. The summed E-state index contributed by atoms with van der Waals surface area (Å²) in [6, 6.07) is 1.71. The van der Waals surface area contributed by atoms with Crippen LogP contribution in [0, 0.1) is 0 Å². The number of esters is 1. The third-order valence-corrected chi connectivity index (χ3v) is 2.49. The third-order valence-electron chi connectivity index (χ3n) is 2.49. The Labute approximate surface area is 89.7 Å². The molecule has 0 bridgehead atoms. The molecule has 0 amide bonds. The van der Waals surface area contributed by atoms with Gasteiger partial charge < -0.3 is 4.74 Å². The number of carbonyl (C=O) groups is 1. The Balaban J connectivity index is 2.96. The third kappa shape index (κ3) is 2.75. The number of ether oxygens (including phenoxy) is 1. The molecule has 15 heavy (non-hydrogen) atoms. The lowest BCUT2D eigenvalue weighted by Crippen LogP contribution is -2.08. The number of hydrogen-bond donors (Lipinski definition) is 0. The quantitative estimate of drug-likeness (QED) is 0.711. The average molecular weight is 208 g/mol. The van der Waals surface area contributed by atoms with E-state index in [0.29, 0.717) is 11.6 Å². The lowest BCUT2D eigenvalue weighted by atomic mass is 9.99. The van der Waals surface area contributed by atoms with E-state index in [1.807, 2.05) is 0 Å². The van der Waals surface area contributed by atoms with Gasteiger partial charge >= 0.3 is 5.97 Å². The van der Waals surface area contributed by atoms with Crippen LogP contribution in [-0.2, 0) is 4.74 Å². The van der Waals surface area contributed by atoms with Crippen LogP contribution >= 0.6 is 0 Å². The molecule has 82 valence electrons. The van der Waals surface area contributed by atoms with E-state index in [9.17, 15) is 4.79 Å². The lowest BCUT2D eigenvalue weighted by molar-refractivity contribution is 0.0593. The zero-order valence-corrected chi connectivity index (χ0v) is 9.36. The molecular formula is C11H16N2O2. The van der Waals surface area contributed by atoms with E-state index in [-0.39, 0.29) is 0 Å². The number of carbonyl (C=O) groups excluding carboxylic acids is 1. The summed E-state index contributed by atoms with van der Waals surface area (Å²) in [6.45, 7) is 4.21. The Morgan fingerprint density at radius 3 is 2.60 bits per heavy atom. The van der Waals surface area contributed by atoms with Crippen LogP contribution in [0.2, 0.25) is 0 Å². The normalized spacial score (nSPS) is 10.4. The molecule has 0 aliphatic rings. The van der Waals surface area contributed by atoms with Gasteiger partial charge in [-0.25, -0.2) is 14.8 Å². The van der Waals surface area contributed by atoms with E-state index < -0.39 is 5.97 Å². The smallest absolute Gasteiger partial charge is 0.356 e. The van der Waals surface area contributed by atoms with Gasteiger partial charge in [0.1, 0.15) is 6.33 Å². The molecule has 0 spiro atoms. The Kier molecular flexibility index (Phi) is 4.21. The summed E-state index contributed by atoms with van der Waals surface area (Å²) < 4.78 is 4.61. The van der Waals surface area contributed by atoms with E-state index in [1.54, 1.807) is 6.07 Å². The number of nitrogens with zero attached hydrogens (tertiary/aromatic N) is 2. The second-order valence-electron chi connectivity index (χ2n) is 3.33. The Morgan fingerprint density at radius 2 is 2.07 bits per heavy atom. The summed E-state index contributed by atoms with van der Waals surface area (Å²) in [7, 11) is 1.35. The van der Waals surface area contributed by atoms with Crippen molar-refractivity contribution in [2.24, 2.45) is 0 Å². The van der Waals surface area contributed by atoms with E-state index in [2.05, 4.69) is 28.6 Å². The Bertz CT molecular complexity index is 335.